The van der Waals surface area contributed by atoms with Gasteiger partial charge in [-0.05, 0) is 54.8 Å². The molecule has 0 aromatic heterocycles. The van der Waals surface area contributed by atoms with Gasteiger partial charge in [0.2, 0.25) is 0 Å². The predicted molar refractivity (Wildman–Crippen MR) is 154 cm³/mol. The summed E-state index contributed by atoms with van der Waals surface area (Å²) in [5, 5.41) is 12.0. The summed E-state index contributed by atoms with van der Waals surface area (Å²) < 4.78 is 69.2. The van der Waals surface area contributed by atoms with Crippen LogP contribution in [0.15, 0.2) is 77.9 Å². The third-order valence-corrected chi connectivity index (χ3v) is 9.53. The molecule has 2 aromatic rings. The Balaban J connectivity index is 2.24. The smallest absolute Gasteiger partial charge is 0.307 e. The van der Waals surface area contributed by atoms with Gasteiger partial charge in [0.15, 0.2) is 5.37 Å². The Morgan fingerprint density at radius 2 is 1.75 bits per heavy atom. The number of nitrogens with one attached hydrogen (secondary N) is 1. The molecular weight excluding hydrogens is 556 g/mol. The minimum absolute atomic E-state index is 0.0309. The second-order valence-electron chi connectivity index (χ2n) is 9.95. The largest absolute Gasteiger partial charge is 0.481 e. The first-order valence-corrected chi connectivity index (χ1v) is 16.0. The highest BCUT2D eigenvalue weighted by Crippen LogP contribution is 2.53. The first-order valence-electron chi connectivity index (χ1n) is 13.0. The number of allylic oxidation sites excluding steroid dienone is 2. The van der Waals surface area contributed by atoms with Gasteiger partial charge >= 0.3 is 5.97 Å². The number of para-hydroxylation sites is 1. The fourth-order valence-electron chi connectivity index (χ4n) is 5.49. The number of carboxylic acids is 1. The van der Waals surface area contributed by atoms with Crippen LogP contribution in [0.5, 0.6) is 0 Å². The van der Waals surface area contributed by atoms with Gasteiger partial charge in [-0.25, -0.2) is 0 Å². The third kappa shape index (κ3) is 6.57. The Morgan fingerprint density at radius 1 is 1.07 bits per heavy atom. The van der Waals surface area contributed by atoms with E-state index >= 15 is 0 Å². The molecule has 0 fully saturated rings. The lowest BCUT2D eigenvalue weighted by Gasteiger charge is -2.41. The number of unbranched alkanes of at least 4 members (excludes halogenated alkanes) is 1. The Hall–Kier alpha value is -3.19. The van der Waals surface area contributed by atoms with E-state index in [1.807, 2.05) is 37.3 Å². The molecule has 0 aliphatic carbocycles. The SMILES string of the molecule is CCCCC(C(=O)O)C1(C)c2cc(S(=O)(=O)O)ccc2N(C(CC)S(=O)(=O)O)C1/C=C/C=C/Nc1ccccc1. The van der Waals surface area contributed by atoms with Crippen LogP contribution in [0.2, 0.25) is 0 Å². The highest BCUT2D eigenvalue weighted by Gasteiger charge is 2.56. The van der Waals surface area contributed by atoms with Crippen LogP contribution in [-0.2, 0) is 30.4 Å². The van der Waals surface area contributed by atoms with E-state index in [2.05, 4.69) is 5.32 Å². The molecule has 12 heteroatoms. The van der Waals surface area contributed by atoms with Gasteiger partial charge in [0.05, 0.1) is 16.9 Å². The Morgan fingerprint density at radius 3 is 2.30 bits per heavy atom. The fraction of sp³-hybridized carbons (Fsp3) is 0.393. The van der Waals surface area contributed by atoms with E-state index in [1.165, 1.54) is 17.0 Å². The summed E-state index contributed by atoms with van der Waals surface area (Å²) in [7, 11) is -9.30. The summed E-state index contributed by atoms with van der Waals surface area (Å²) in [5.41, 5.74) is 0.0248. The van der Waals surface area contributed by atoms with Gasteiger partial charge < -0.3 is 15.3 Å². The highest BCUT2D eigenvalue weighted by molar-refractivity contribution is 7.86. The van der Waals surface area contributed by atoms with Crippen LogP contribution < -0.4 is 10.2 Å². The number of rotatable bonds is 13. The zero-order chi connectivity index (χ0) is 29.7. The molecule has 40 heavy (non-hydrogen) atoms. The summed E-state index contributed by atoms with van der Waals surface area (Å²) in [6.45, 7) is 5.15. The van der Waals surface area contributed by atoms with Crippen molar-refractivity contribution in [2.45, 2.75) is 68.2 Å². The van der Waals surface area contributed by atoms with Crippen LogP contribution in [0, 0.1) is 5.92 Å². The van der Waals surface area contributed by atoms with Crippen molar-refractivity contribution < 1.29 is 35.8 Å². The maximum absolute atomic E-state index is 12.7. The van der Waals surface area contributed by atoms with E-state index in [-0.39, 0.29) is 24.1 Å². The van der Waals surface area contributed by atoms with Crippen LogP contribution in [0.4, 0.5) is 11.4 Å². The van der Waals surface area contributed by atoms with Gasteiger partial charge in [-0.3, -0.25) is 13.9 Å². The molecule has 1 aliphatic rings. The average Bonchev–Trinajstić information content (AvgIpc) is 3.11. The maximum atomic E-state index is 12.7. The summed E-state index contributed by atoms with van der Waals surface area (Å²) in [6.07, 6.45) is 8.13. The van der Waals surface area contributed by atoms with Crippen molar-refractivity contribution in [3.8, 4) is 0 Å². The molecule has 0 radical (unpaired) electrons. The highest BCUT2D eigenvalue weighted by atomic mass is 32.2. The Bertz CT molecular complexity index is 1470. The monoisotopic (exact) mass is 592 g/mol. The second-order valence-corrected chi connectivity index (χ2v) is 12.9. The molecule has 0 saturated carbocycles. The minimum atomic E-state index is -4.65. The van der Waals surface area contributed by atoms with Gasteiger partial charge in [-0.1, -0.05) is 64.0 Å². The molecule has 0 amide bonds. The number of fused-ring (bicyclic) bond motifs is 1. The van der Waals surface area contributed by atoms with E-state index in [1.54, 1.807) is 38.3 Å². The molecule has 3 rings (SSSR count). The fourth-order valence-corrected chi connectivity index (χ4v) is 6.95. The zero-order valence-corrected chi connectivity index (χ0v) is 24.3. The van der Waals surface area contributed by atoms with Crippen molar-refractivity contribution in [3.63, 3.8) is 0 Å². The van der Waals surface area contributed by atoms with Gasteiger partial charge in [0.1, 0.15) is 0 Å². The number of benzene rings is 2. The third-order valence-electron chi connectivity index (χ3n) is 7.43. The first kappa shape index (κ1) is 31.3. The minimum Gasteiger partial charge on any atom is -0.481 e. The molecule has 1 aliphatic heterocycles. The molecule has 4 atom stereocenters. The quantitative estimate of drug-likeness (QED) is 0.182. The standard InChI is InChI=1S/C28H36N2O8S2/c1-4-6-14-22(27(31)32)28(3)23-19-21(39(33,34)35)16-17-24(23)30(26(5-2)40(36,37)38)25(28)15-10-11-18-29-20-12-8-7-9-13-20/h7-13,15-19,22,25-26,29H,4-6,14H2,1-3H3,(H,31,32)(H,33,34,35)(H,36,37,38)/b15-10+,18-11+. The Kier molecular flexibility index (Phi) is 9.83. The van der Waals surface area contributed by atoms with Crippen molar-refractivity contribution >= 4 is 37.6 Å². The van der Waals surface area contributed by atoms with Crippen molar-refractivity contribution in [2.75, 3.05) is 10.2 Å². The van der Waals surface area contributed by atoms with Crippen molar-refractivity contribution in [2.24, 2.45) is 5.92 Å². The number of hydrogen-bond donors (Lipinski definition) is 4. The number of carboxylic acid groups (broad SMARTS) is 1. The molecule has 0 saturated heterocycles. The van der Waals surface area contributed by atoms with Gasteiger partial charge in [-0.15, -0.1) is 0 Å². The molecule has 0 bridgehead atoms. The zero-order valence-electron chi connectivity index (χ0n) is 22.6. The lowest BCUT2D eigenvalue weighted by molar-refractivity contribution is -0.144. The summed E-state index contributed by atoms with van der Waals surface area (Å²) >= 11 is 0. The number of anilines is 2. The van der Waals surface area contributed by atoms with E-state index in [9.17, 15) is 35.8 Å². The summed E-state index contributed by atoms with van der Waals surface area (Å²) in [4.78, 5) is 13.7. The van der Waals surface area contributed by atoms with Crippen LogP contribution in [0.25, 0.3) is 0 Å². The lowest BCUT2D eigenvalue weighted by Crippen LogP contribution is -2.53. The second kappa shape index (κ2) is 12.5. The topological polar surface area (TPSA) is 161 Å². The molecule has 1 heterocycles. The molecule has 10 nitrogen and oxygen atoms in total. The molecular formula is C28H36N2O8S2. The first-order chi connectivity index (χ1) is 18.8. The number of carbonyl (C=O) groups is 1. The predicted octanol–water partition coefficient (Wildman–Crippen LogP) is 5.08. The number of nitrogens with zero attached hydrogens (tertiary/aromatic N) is 1. The molecule has 4 N–H and O–H groups in total. The van der Waals surface area contributed by atoms with Crippen LogP contribution in [0.3, 0.4) is 0 Å². The number of aliphatic carboxylic acids is 1. The van der Waals surface area contributed by atoms with Crippen molar-refractivity contribution in [3.05, 3.63) is 78.5 Å². The normalized spacial score (nSPS) is 21.0. The van der Waals surface area contributed by atoms with Crippen LogP contribution in [-0.4, -0.2) is 48.4 Å². The van der Waals surface area contributed by atoms with Gasteiger partial charge in [0.25, 0.3) is 20.2 Å². The molecule has 4 unspecified atom stereocenters. The molecule has 0 spiro atoms. The van der Waals surface area contributed by atoms with E-state index in [0.29, 0.717) is 12.8 Å². The molecule has 2 aromatic carbocycles. The van der Waals surface area contributed by atoms with Crippen LogP contribution in [0.1, 0.15) is 52.0 Å². The van der Waals surface area contributed by atoms with E-state index in [4.69, 9.17) is 0 Å². The van der Waals surface area contributed by atoms with E-state index < -0.39 is 53.8 Å². The van der Waals surface area contributed by atoms with Crippen LogP contribution >= 0.6 is 0 Å². The summed E-state index contributed by atoms with van der Waals surface area (Å²) in [6, 6.07) is 12.1. The number of hydrogen-bond acceptors (Lipinski definition) is 7. The van der Waals surface area contributed by atoms with E-state index in [0.717, 1.165) is 11.8 Å². The lowest BCUT2D eigenvalue weighted by atomic mass is 9.66. The van der Waals surface area contributed by atoms with Crippen molar-refractivity contribution in [1.82, 2.24) is 0 Å². The average molecular weight is 593 g/mol. The molecule has 218 valence electrons. The van der Waals surface area contributed by atoms with Gasteiger partial charge in [0, 0.05) is 23.0 Å². The van der Waals surface area contributed by atoms with Crippen molar-refractivity contribution in [1.29, 1.82) is 0 Å². The summed E-state index contributed by atoms with van der Waals surface area (Å²) in [5.74, 6) is -2.17. The maximum Gasteiger partial charge on any atom is 0.307 e. The Labute approximate surface area is 235 Å². The van der Waals surface area contributed by atoms with Gasteiger partial charge in [-0.2, -0.15) is 16.8 Å².